The lowest BCUT2D eigenvalue weighted by atomic mass is 10.0. The van der Waals surface area contributed by atoms with Crippen LogP contribution in [0.15, 0.2) is 12.1 Å². The van der Waals surface area contributed by atoms with Gasteiger partial charge in [0.2, 0.25) is 0 Å². The number of carboxylic acids is 1. The van der Waals surface area contributed by atoms with E-state index in [-0.39, 0.29) is 29.3 Å². The highest BCUT2D eigenvalue weighted by Crippen LogP contribution is 2.38. The fourth-order valence-electron chi connectivity index (χ4n) is 2.38. The summed E-state index contributed by atoms with van der Waals surface area (Å²) in [5.74, 6) is -2.69. The Hall–Kier alpha value is -2.44. The monoisotopic (exact) mass is 280 g/mol. The van der Waals surface area contributed by atoms with Crippen molar-refractivity contribution in [2.45, 2.75) is 6.42 Å². The van der Waals surface area contributed by atoms with Crippen LogP contribution in [0.1, 0.15) is 16.1 Å². The molecule has 2 aromatic rings. The molecule has 3 rings (SSSR count). The van der Waals surface area contributed by atoms with Crippen LogP contribution in [0.5, 0.6) is 5.75 Å². The summed E-state index contributed by atoms with van der Waals surface area (Å²) < 4.78 is 34.1. The van der Waals surface area contributed by atoms with Gasteiger partial charge in [-0.05, 0) is 6.07 Å². The molecule has 0 unspecified atom stereocenters. The van der Waals surface area contributed by atoms with Gasteiger partial charge in [0.15, 0.2) is 17.3 Å². The molecule has 0 atom stereocenters. The Morgan fingerprint density at radius 2 is 2.15 bits per heavy atom. The standard InChI is InChI=1S/C13H10F2N2O3/c1-17-10(5-9(16-17)13(18)19)11-6-2-3-20-12(6)8(15)4-7(11)14/h4-5H,2-3H2,1H3,(H,18,19). The number of aryl methyl sites for hydroxylation is 1. The predicted molar refractivity (Wildman–Crippen MR) is 64.7 cm³/mol. The second kappa shape index (κ2) is 4.29. The number of aromatic nitrogens is 2. The van der Waals surface area contributed by atoms with E-state index in [0.717, 1.165) is 6.07 Å². The molecule has 5 nitrogen and oxygen atoms in total. The Morgan fingerprint density at radius 3 is 2.80 bits per heavy atom. The lowest BCUT2D eigenvalue weighted by Crippen LogP contribution is -2.01. The fraction of sp³-hybridized carbons (Fsp3) is 0.231. The minimum atomic E-state index is -1.21. The lowest BCUT2D eigenvalue weighted by Gasteiger charge is -2.09. The van der Waals surface area contributed by atoms with Crippen LogP contribution in [0.25, 0.3) is 11.3 Å². The van der Waals surface area contributed by atoms with Crippen LogP contribution in [0.2, 0.25) is 0 Å². The Balaban J connectivity index is 2.25. The van der Waals surface area contributed by atoms with Crippen molar-refractivity contribution < 1.29 is 23.4 Å². The molecule has 0 saturated heterocycles. The van der Waals surface area contributed by atoms with E-state index in [1.165, 1.54) is 17.8 Å². The summed E-state index contributed by atoms with van der Waals surface area (Å²) in [6, 6.07) is 2.00. The van der Waals surface area contributed by atoms with Crippen molar-refractivity contribution in [1.82, 2.24) is 9.78 Å². The number of fused-ring (bicyclic) bond motifs is 1. The number of ether oxygens (including phenoxy) is 1. The Labute approximate surface area is 112 Å². The summed E-state index contributed by atoms with van der Waals surface area (Å²) >= 11 is 0. The molecule has 1 aromatic carbocycles. The summed E-state index contributed by atoms with van der Waals surface area (Å²) in [6.45, 7) is 0.270. The van der Waals surface area contributed by atoms with Crippen molar-refractivity contribution in [1.29, 1.82) is 0 Å². The first-order chi connectivity index (χ1) is 9.49. The number of halogens is 2. The van der Waals surface area contributed by atoms with Gasteiger partial charge in [0.1, 0.15) is 5.82 Å². The quantitative estimate of drug-likeness (QED) is 0.913. The normalized spacial score (nSPS) is 13.2. The van der Waals surface area contributed by atoms with Gasteiger partial charge in [0.05, 0.1) is 12.3 Å². The van der Waals surface area contributed by atoms with Gasteiger partial charge in [-0.2, -0.15) is 5.10 Å². The number of carbonyl (C=O) groups is 1. The molecule has 1 aliphatic heterocycles. The second-order valence-corrected chi connectivity index (χ2v) is 4.46. The van der Waals surface area contributed by atoms with Crippen LogP contribution in [-0.2, 0) is 13.5 Å². The van der Waals surface area contributed by atoms with Gasteiger partial charge in [-0.3, -0.25) is 4.68 Å². The van der Waals surface area contributed by atoms with Crippen LogP contribution >= 0.6 is 0 Å². The highest BCUT2D eigenvalue weighted by molar-refractivity contribution is 5.87. The van der Waals surface area contributed by atoms with Crippen LogP contribution in [-0.4, -0.2) is 27.5 Å². The van der Waals surface area contributed by atoms with E-state index >= 15 is 0 Å². The number of nitrogens with zero attached hydrogens (tertiary/aromatic N) is 2. The van der Waals surface area contributed by atoms with Gasteiger partial charge in [-0.1, -0.05) is 0 Å². The molecule has 20 heavy (non-hydrogen) atoms. The van der Waals surface area contributed by atoms with Gasteiger partial charge in [0, 0.05) is 30.7 Å². The Morgan fingerprint density at radius 1 is 1.40 bits per heavy atom. The van der Waals surface area contributed by atoms with Crippen molar-refractivity contribution in [3.63, 3.8) is 0 Å². The molecule has 0 aliphatic carbocycles. The second-order valence-electron chi connectivity index (χ2n) is 4.46. The van der Waals surface area contributed by atoms with Gasteiger partial charge >= 0.3 is 5.97 Å². The molecule has 1 aromatic heterocycles. The smallest absolute Gasteiger partial charge is 0.356 e. The van der Waals surface area contributed by atoms with Gasteiger partial charge in [-0.15, -0.1) is 0 Å². The fourth-order valence-corrected chi connectivity index (χ4v) is 2.38. The van der Waals surface area contributed by atoms with E-state index < -0.39 is 17.6 Å². The summed E-state index contributed by atoms with van der Waals surface area (Å²) in [4.78, 5) is 10.9. The minimum absolute atomic E-state index is 0.0273. The molecular weight excluding hydrogens is 270 g/mol. The number of rotatable bonds is 2. The van der Waals surface area contributed by atoms with Gasteiger partial charge in [0.25, 0.3) is 0 Å². The number of benzene rings is 1. The molecule has 0 radical (unpaired) electrons. The van der Waals surface area contributed by atoms with Gasteiger partial charge in [-0.25, -0.2) is 13.6 Å². The first-order valence-electron chi connectivity index (χ1n) is 5.90. The molecule has 0 amide bonds. The van der Waals surface area contributed by atoms with Crippen molar-refractivity contribution in [3.8, 4) is 17.0 Å². The summed E-state index contributed by atoms with van der Waals surface area (Å²) in [5, 5.41) is 12.7. The summed E-state index contributed by atoms with van der Waals surface area (Å²) in [6.07, 6.45) is 0.368. The predicted octanol–water partition coefficient (Wildman–Crippen LogP) is 2.00. The zero-order valence-corrected chi connectivity index (χ0v) is 10.5. The largest absolute Gasteiger partial charge is 0.490 e. The van der Waals surface area contributed by atoms with Crippen molar-refractivity contribution in [2.24, 2.45) is 7.05 Å². The minimum Gasteiger partial charge on any atom is -0.490 e. The average Bonchev–Trinajstić information content (AvgIpc) is 2.97. The first-order valence-corrected chi connectivity index (χ1v) is 5.90. The molecule has 104 valence electrons. The Bertz CT molecular complexity index is 725. The molecular formula is C13H10F2N2O3. The molecule has 0 bridgehead atoms. The molecule has 0 fully saturated rings. The van der Waals surface area contributed by atoms with Gasteiger partial charge < -0.3 is 9.84 Å². The van der Waals surface area contributed by atoms with Crippen LogP contribution in [0.4, 0.5) is 8.78 Å². The number of hydrogen-bond acceptors (Lipinski definition) is 3. The molecule has 0 saturated carbocycles. The topological polar surface area (TPSA) is 64.4 Å². The molecule has 2 heterocycles. The number of carboxylic acid groups (broad SMARTS) is 1. The summed E-state index contributed by atoms with van der Waals surface area (Å²) in [5.41, 5.74) is 0.629. The molecule has 0 spiro atoms. The highest BCUT2D eigenvalue weighted by atomic mass is 19.1. The number of aromatic carboxylic acids is 1. The third kappa shape index (κ3) is 1.74. The van der Waals surface area contributed by atoms with E-state index in [0.29, 0.717) is 12.0 Å². The number of hydrogen-bond donors (Lipinski definition) is 1. The van der Waals surface area contributed by atoms with Crippen LogP contribution in [0, 0.1) is 11.6 Å². The first kappa shape index (κ1) is 12.6. The van der Waals surface area contributed by atoms with E-state index in [1.54, 1.807) is 0 Å². The van der Waals surface area contributed by atoms with E-state index in [1.807, 2.05) is 0 Å². The zero-order chi connectivity index (χ0) is 14.4. The molecule has 1 aliphatic rings. The maximum Gasteiger partial charge on any atom is 0.356 e. The maximum atomic E-state index is 14.1. The van der Waals surface area contributed by atoms with E-state index in [4.69, 9.17) is 9.84 Å². The van der Waals surface area contributed by atoms with Crippen LogP contribution < -0.4 is 4.74 Å². The highest BCUT2D eigenvalue weighted by Gasteiger charge is 2.27. The maximum absolute atomic E-state index is 14.1. The molecule has 1 N–H and O–H groups in total. The lowest BCUT2D eigenvalue weighted by molar-refractivity contribution is 0.0689. The SMILES string of the molecule is Cn1nc(C(=O)O)cc1-c1c(F)cc(F)c2c1CCO2. The molecule has 7 heteroatoms. The van der Waals surface area contributed by atoms with Crippen LogP contribution in [0.3, 0.4) is 0 Å². The Kier molecular flexibility index (Phi) is 2.70. The average molecular weight is 280 g/mol. The van der Waals surface area contributed by atoms with Crippen molar-refractivity contribution in [3.05, 3.63) is 35.0 Å². The van der Waals surface area contributed by atoms with Crippen molar-refractivity contribution in [2.75, 3.05) is 6.61 Å². The van der Waals surface area contributed by atoms with Crippen molar-refractivity contribution >= 4 is 5.97 Å². The van der Waals surface area contributed by atoms with E-state index in [9.17, 15) is 13.6 Å². The zero-order valence-electron chi connectivity index (χ0n) is 10.5. The third-order valence-corrected chi connectivity index (χ3v) is 3.24. The van der Waals surface area contributed by atoms with E-state index in [2.05, 4.69) is 5.10 Å². The summed E-state index contributed by atoms with van der Waals surface area (Å²) in [7, 11) is 1.51. The third-order valence-electron chi connectivity index (χ3n) is 3.24.